The van der Waals surface area contributed by atoms with Crippen LogP contribution in [0.3, 0.4) is 0 Å². The molecule has 10 heteroatoms. The third kappa shape index (κ3) is 5.40. The molecule has 0 aromatic rings. The summed E-state index contributed by atoms with van der Waals surface area (Å²) >= 11 is 0. The maximum Gasteiger partial charge on any atom is 0.318 e. The highest BCUT2D eigenvalue weighted by atomic mass is 32.2. The molecule has 0 bridgehead atoms. The van der Waals surface area contributed by atoms with E-state index >= 15 is 0 Å². The number of rotatable bonds is 6. The lowest BCUT2D eigenvalue weighted by Crippen LogP contribution is -2.53. The molecule has 138 valence electrons. The van der Waals surface area contributed by atoms with Crippen molar-refractivity contribution in [3.8, 4) is 0 Å². The molecule has 9 nitrogen and oxygen atoms in total. The summed E-state index contributed by atoms with van der Waals surface area (Å²) in [4.78, 5) is 25.0. The number of amides is 1. The van der Waals surface area contributed by atoms with Crippen LogP contribution in [0.5, 0.6) is 0 Å². The zero-order valence-electron chi connectivity index (χ0n) is 13.7. The second-order valence-corrected chi connectivity index (χ2v) is 8.12. The molecule has 2 heterocycles. The summed E-state index contributed by atoms with van der Waals surface area (Å²) in [5, 5.41) is 8.86. The van der Waals surface area contributed by atoms with Crippen molar-refractivity contribution in [1.82, 2.24) is 9.21 Å². The van der Waals surface area contributed by atoms with Gasteiger partial charge >= 0.3 is 5.97 Å². The molecule has 0 aliphatic carbocycles. The van der Waals surface area contributed by atoms with Crippen LogP contribution in [0, 0.1) is 5.92 Å². The molecule has 0 aromatic heterocycles. The van der Waals surface area contributed by atoms with Crippen molar-refractivity contribution in [3.63, 3.8) is 0 Å². The topological polar surface area (TPSA) is 113 Å². The second-order valence-electron chi connectivity index (χ2n) is 6.14. The highest BCUT2D eigenvalue weighted by molar-refractivity contribution is 7.88. The fraction of sp³-hybridized carbons (Fsp3) is 0.857. The van der Waals surface area contributed by atoms with Gasteiger partial charge in [0.15, 0.2) is 0 Å². The van der Waals surface area contributed by atoms with Gasteiger partial charge in [0.2, 0.25) is 15.9 Å². The summed E-state index contributed by atoms with van der Waals surface area (Å²) in [5.41, 5.74) is 0. The van der Waals surface area contributed by atoms with Crippen LogP contribution >= 0.6 is 0 Å². The van der Waals surface area contributed by atoms with Gasteiger partial charge in [-0.05, 0) is 12.8 Å². The first-order chi connectivity index (χ1) is 11.3. The van der Waals surface area contributed by atoms with Crippen LogP contribution < -0.4 is 0 Å². The molecule has 2 aliphatic rings. The van der Waals surface area contributed by atoms with Gasteiger partial charge < -0.3 is 19.5 Å². The first kappa shape index (κ1) is 19.1. The number of hydrogen-bond donors (Lipinski definition) is 1. The molecule has 0 saturated carbocycles. The Bertz CT molecular complexity index is 559. The van der Waals surface area contributed by atoms with E-state index in [2.05, 4.69) is 0 Å². The normalized spacial score (nSPS) is 25.7. The quantitative estimate of drug-likeness (QED) is 0.642. The highest BCUT2D eigenvalue weighted by Gasteiger charge is 2.33. The lowest BCUT2D eigenvalue weighted by Gasteiger charge is -2.37. The third-order valence-electron chi connectivity index (χ3n) is 4.15. The Labute approximate surface area is 141 Å². The van der Waals surface area contributed by atoms with E-state index in [9.17, 15) is 18.0 Å². The predicted octanol–water partition coefficient (Wildman–Crippen LogP) is -1.01. The maximum atomic E-state index is 12.5. The second kappa shape index (κ2) is 8.24. The minimum absolute atomic E-state index is 0.00728. The van der Waals surface area contributed by atoms with Crippen LogP contribution in [0.15, 0.2) is 0 Å². The average Bonchev–Trinajstić information content (AvgIpc) is 2.53. The van der Waals surface area contributed by atoms with Crippen molar-refractivity contribution >= 4 is 21.9 Å². The molecular formula is C14H24N2O7S. The Kier molecular flexibility index (Phi) is 6.55. The van der Waals surface area contributed by atoms with Gasteiger partial charge in [0, 0.05) is 26.2 Å². The zero-order valence-corrected chi connectivity index (χ0v) is 14.5. The molecular weight excluding hydrogens is 340 g/mol. The van der Waals surface area contributed by atoms with Crippen molar-refractivity contribution in [2.75, 3.05) is 52.3 Å². The third-order valence-corrected chi connectivity index (χ3v) is 5.36. The van der Waals surface area contributed by atoms with Crippen LogP contribution in [0.1, 0.15) is 12.8 Å². The zero-order chi connectivity index (χ0) is 17.7. The van der Waals surface area contributed by atoms with E-state index < -0.39 is 28.6 Å². The van der Waals surface area contributed by atoms with Crippen LogP contribution in [-0.2, 0) is 29.1 Å². The lowest BCUT2D eigenvalue weighted by atomic mass is 10.0. The highest BCUT2D eigenvalue weighted by Crippen LogP contribution is 2.19. The van der Waals surface area contributed by atoms with Crippen molar-refractivity contribution < 1.29 is 32.6 Å². The van der Waals surface area contributed by atoms with Crippen molar-refractivity contribution in [2.24, 2.45) is 5.92 Å². The van der Waals surface area contributed by atoms with E-state index in [0.29, 0.717) is 26.4 Å². The predicted molar refractivity (Wildman–Crippen MR) is 83.9 cm³/mol. The fourth-order valence-electron chi connectivity index (χ4n) is 2.92. The molecule has 0 radical (unpaired) electrons. The molecule has 2 fully saturated rings. The smallest absolute Gasteiger partial charge is 0.318 e. The van der Waals surface area contributed by atoms with E-state index in [0.717, 1.165) is 23.4 Å². The fourth-order valence-corrected chi connectivity index (χ4v) is 3.70. The van der Waals surface area contributed by atoms with Crippen LogP contribution in [0.2, 0.25) is 0 Å². The summed E-state index contributed by atoms with van der Waals surface area (Å²) in [5.74, 6) is -1.40. The van der Waals surface area contributed by atoms with Crippen molar-refractivity contribution in [2.45, 2.75) is 18.9 Å². The van der Waals surface area contributed by atoms with Crippen molar-refractivity contribution in [1.29, 1.82) is 0 Å². The van der Waals surface area contributed by atoms with E-state index in [1.807, 2.05) is 0 Å². The number of sulfonamides is 1. The van der Waals surface area contributed by atoms with Gasteiger partial charge in [0.25, 0.3) is 0 Å². The molecule has 2 atom stereocenters. The van der Waals surface area contributed by atoms with Crippen molar-refractivity contribution in [3.05, 3.63) is 0 Å². The molecule has 2 rings (SSSR count). The van der Waals surface area contributed by atoms with Gasteiger partial charge in [-0.1, -0.05) is 0 Å². The number of hydrogen-bond acceptors (Lipinski definition) is 6. The Morgan fingerprint density at radius 1 is 1.33 bits per heavy atom. The molecule has 2 unspecified atom stereocenters. The minimum Gasteiger partial charge on any atom is -0.480 e. The first-order valence-electron chi connectivity index (χ1n) is 7.92. The van der Waals surface area contributed by atoms with Crippen LogP contribution in [0.25, 0.3) is 0 Å². The standard InChI is InChI=1S/C14H24N2O7S/c1-24(20,21)16(9-13(17)18)8-12-7-15(4-6-23-12)14(19)11-3-2-5-22-10-11/h11-12H,2-10H2,1H3,(H,17,18). The molecule has 1 N–H and O–H groups in total. The summed E-state index contributed by atoms with van der Waals surface area (Å²) < 4.78 is 35.2. The van der Waals surface area contributed by atoms with Gasteiger partial charge in [-0.15, -0.1) is 0 Å². The summed E-state index contributed by atoms with van der Waals surface area (Å²) in [6, 6.07) is 0. The first-order valence-corrected chi connectivity index (χ1v) is 9.77. The van der Waals surface area contributed by atoms with Crippen LogP contribution in [-0.4, -0.2) is 93.0 Å². The Balaban J connectivity index is 1.96. The Morgan fingerprint density at radius 3 is 2.67 bits per heavy atom. The molecule has 24 heavy (non-hydrogen) atoms. The number of morpholine rings is 1. The van der Waals surface area contributed by atoms with Gasteiger partial charge in [-0.25, -0.2) is 8.42 Å². The van der Waals surface area contributed by atoms with Gasteiger partial charge in [-0.2, -0.15) is 4.31 Å². The minimum atomic E-state index is -3.67. The molecule has 0 aromatic carbocycles. The molecule has 2 saturated heterocycles. The Hall–Kier alpha value is -1.23. The van der Waals surface area contributed by atoms with Crippen LogP contribution in [0.4, 0.5) is 0 Å². The number of ether oxygens (including phenoxy) is 2. The lowest BCUT2D eigenvalue weighted by molar-refractivity contribution is -0.148. The number of nitrogens with zero attached hydrogens (tertiary/aromatic N) is 2. The largest absolute Gasteiger partial charge is 0.480 e. The summed E-state index contributed by atoms with van der Waals surface area (Å²) in [6.07, 6.45) is 2.06. The van der Waals surface area contributed by atoms with E-state index in [-0.39, 0.29) is 24.9 Å². The molecule has 2 aliphatic heterocycles. The van der Waals surface area contributed by atoms with Gasteiger partial charge in [0.1, 0.15) is 6.54 Å². The number of carboxylic acids is 1. The number of carbonyl (C=O) groups is 2. The average molecular weight is 364 g/mol. The molecule has 0 spiro atoms. The number of carbonyl (C=O) groups excluding carboxylic acids is 1. The van der Waals surface area contributed by atoms with E-state index in [4.69, 9.17) is 14.6 Å². The number of aliphatic carboxylic acids is 1. The monoisotopic (exact) mass is 364 g/mol. The summed E-state index contributed by atoms with van der Waals surface area (Å²) in [7, 11) is -3.67. The molecule has 1 amide bonds. The number of carboxylic acid groups (broad SMARTS) is 1. The maximum absolute atomic E-state index is 12.5. The van der Waals surface area contributed by atoms with Gasteiger partial charge in [-0.3, -0.25) is 9.59 Å². The van der Waals surface area contributed by atoms with Gasteiger partial charge in [0.05, 0.1) is 31.5 Å². The van der Waals surface area contributed by atoms with E-state index in [1.54, 1.807) is 4.90 Å². The SMILES string of the molecule is CS(=O)(=O)N(CC(=O)O)CC1CN(C(=O)C2CCCOC2)CCO1. The Morgan fingerprint density at radius 2 is 2.08 bits per heavy atom. The summed E-state index contributed by atoms with van der Waals surface area (Å²) in [6.45, 7) is 1.38. The van der Waals surface area contributed by atoms with E-state index in [1.165, 1.54) is 0 Å².